The van der Waals surface area contributed by atoms with Crippen LogP contribution in [0.15, 0.2) is 35.2 Å². The molecule has 0 bridgehead atoms. The second-order valence-corrected chi connectivity index (χ2v) is 5.57. The van der Waals surface area contributed by atoms with Crippen molar-refractivity contribution >= 4 is 22.6 Å². The van der Waals surface area contributed by atoms with Crippen LogP contribution in [0, 0.1) is 0 Å². The molecule has 1 aromatic rings. The Morgan fingerprint density at radius 3 is 2.58 bits per heavy atom. The molecular formula is C12H14N2O4S. The minimum atomic E-state index is -1.72. The zero-order valence-corrected chi connectivity index (χ0v) is 11.1. The summed E-state index contributed by atoms with van der Waals surface area (Å²) in [5, 5.41) is -1.20. The topological polar surface area (TPSA) is 89.7 Å². The largest absolute Gasteiger partial charge is 0.367 e. The van der Waals surface area contributed by atoms with Gasteiger partial charge in [0.2, 0.25) is 5.91 Å². The van der Waals surface area contributed by atoms with Gasteiger partial charge in [0.1, 0.15) is 6.23 Å². The van der Waals surface area contributed by atoms with Gasteiger partial charge in [0.05, 0.1) is 17.2 Å². The molecule has 0 spiro atoms. The maximum absolute atomic E-state index is 12.4. The van der Waals surface area contributed by atoms with Crippen molar-refractivity contribution in [3.05, 3.63) is 30.3 Å². The lowest BCUT2D eigenvalue weighted by atomic mass is 10.1. The molecule has 2 rings (SSSR count). The van der Waals surface area contributed by atoms with Gasteiger partial charge < -0.3 is 10.5 Å². The summed E-state index contributed by atoms with van der Waals surface area (Å²) in [6.45, 7) is 0. The van der Waals surface area contributed by atoms with Crippen molar-refractivity contribution in [2.45, 2.75) is 22.9 Å². The Morgan fingerprint density at radius 2 is 2.11 bits per heavy atom. The van der Waals surface area contributed by atoms with Crippen molar-refractivity contribution in [3.63, 3.8) is 0 Å². The molecule has 0 aromatic heterocycles. The van der Waals surface area contributed by atoms with Gasteiger partial charge in [0.25, 0.3) is 5.91 Å². The molecule has 2 amide bonds. The van der Waals surface area contributed by atoms with Crippen LogP contribution in [0.4, 0.5) is 0 Å². The van der Waals surface area contributed by atoms with E-state index in [0.29, 0.717) is 4.90 Å². The van der Waals surface area contributed by atoms with Crippen LogP contribution in [0.3, 0.4) is 0 Å². The summed E-state index contributed by atoms with van der Waals surface area (Å²) in [6, 6.07) is 8.43. The second-order valence-electron chi connectivity index (χ2n) is 4.06. The molecule has 19 heavy (non-hydrogen) atoms. The van der Waals surface area contributed by atoms with Gasteiger partial charge in [-0.3, -0.25) is 18.7 Å². The number of rotatable bonds is 5. The number of likely N-dealkylation sites (tertiary alicyclic amines) is 1. The first-order valence-electron chi connectivity index (χ1n) is 5.65. The number of nitrogens with two attached hydrogens (primary N) is 1. The van der Waals surface area contributed by atoms with E-state index in [2.05, 4.69) is 0 Å². The standard InChI is InChI=1S/C12H14N2O4S/c1-18-10-7-9(15)14(10)12(11(13)16)19(17)8-5-3-2-4-6-8/h2-6,10,12H,7H2,1H3,(H2,13,16). The van der Waals surface area contributed by atoms with Gasteiger partial charge in [-0.25, -0.2) is 0 Å². The lowest BCUT2D eigenvalue weighted by Crippen LogP contribution is -2.62. The summed E-state index contributed by atoms with van der Waals surface area (Å²) in [5.41, 5.74) is 5.28. The van der Waals surface area contributed by atoms with Crippen LogP contribution in [0.1, 0.15) is 6.42 Å². The maximum Gasteiger partial charge on any atom is 0.253 e. The van der Waals surface area contributed by atoms with Crippen molar-refractivity contribution in [1.29, 1.82) is 0 Å². The summed E-state index contributed by atoms with van der Waals surface area (Å²) in [5.74, 6) is -1.10. The monoisotopic (exact) mass is 282 g/mol. The fourth-order valence-electron chi connectivity index (χ4n) is 1.91. The number of hydrogen-bond donors (Lipinski definition) is 1. The SMILES string of the molecule is COC1CC(=O)N1C(C(N)=O)S(=O)c1ccccc1. The van der Waals surface area contributed by atoms with Gasteiger partial charge in [0, 0.05) is 12.0 Å². The van der Waals surface area contributed by atoms with Crippen molar-refractivity contribution in [2.24, 2.45) is 5.73 Å². The normalized spacial score (nSPS) is 21.6. The van der Waals surface area contributed by atoms with Gasteiger partial charge in [0.15, 0.2) is 5.37 Å². The van der Waals surface area contributed by atoms with E-state index in [1.807, 2.05) is 0 Å². The molecule has 1 aliphatic heterocycles. The predicted molar refractivity (Wildman–Crippen MR) is 68.1 cm³/mol. The number of carbonyl (C=O) groups excluding carboxylic acids is 2. The molecule has 7 heteroatoms. The first-order valence-corrected chi connectivity index (χ1v) is 6.86. The first-order chi connectivity index (χ1) is 9.06. The van der Waals surface area contributed by atoms with Gasteiger partial charge in [-0.1, -0.05) is 18.2 Å². The fraction of sp³-hybridized carbons (Fsp3) is 0.333. The zero-order chi connectivity index (χ0) is 14.0. The number of nitrogens with zero attached hydrogens (tertiary/aromatic N) is 1. The van der Waals surface area contributed by atoms with Gasteiger partial charge in [-0.15, -0.1) is 0 Å². The third kappa shape index (κ3) is 2.52. The lowest BCUT2D eigenvalue weighted by Gasteiger charge is -2.42. The number of carbonyl (C=O) groups is 2. The number of β-lactam (4-membered cyclic amide) rings is 1. The Kier molecular flexibility index (Phi) is 3.96. The molecule has 2 N–H and O–H groups in total. The van der Waals surface area contributed by atoms with E-state index in [-0.39, 0.29) is 12.3 Å². The van der Waals surface area contributed by atoms with E-state index in [1.54, 1.807) is 30.3 Å². The van der Waals surface area contributed by atoms with Crippen LogP contribution >= 0.6 is 0 Å². The van der Waals surface area contributed by atoms with E-state index < -0.39 is 28.3 Å². The maximum atomic E-state index is 12.4. The van der Waals surface area contributed by atoms with E-state index in [9.17, 15) is 13.8 Å². The van der Waals surface area contributed by atoms with E-state index in [1.165, 1.54) is 7.11 Å². The highest BCUT2D eigenvalue weighted by Gasteiger charge is 2.46. The molecule has 0 aliphatic carbocycles. The summed E-state index contributed by atoms with van der Waals surface area (Å²) >= 11 is 0. The minimum Gasteiger partial charge on any atom is -0.367 e. The number of primary amides is 1. The Hall–Kier alpha value is -1.73. The number of benzene rings is 1. The summed E-state index contributed by atoms with van der Waals surface area (Å²) in [7, 11) is -0.298. The molecule has 0 radical (unpaired) electrons. The summed E-state index contributed by atoms with van der Waals surface area (Å²) < 4.78 is 17.4. The van der Waals surface area contributed by atoms with Crippen LogP contribution < -0.4 is 5.73 Å². The van der Waals surface area contributed by atoms with E-state index in [0.717, 1.165) is 4.90 Å². The van der Waals surface area contributed by atoms with Crippen molar-refractivity contribution in [2.75, 3.05) is 7.11 Å². The fourth-order valence-corrected chi connectivity index (χ4v) is 3.26. The molecule has 1 aromatic carbocycles. The molecule has 3 unspecified atom stereocenters. The molecule has 102 valence electrons. The lowest BCUT2D eigenvalue weighted by molar-refractivity contribution is -0.173. The van der Waals surface area contributed by atoms with Crippen LogP contribution in [-0.2, 0) is 25.1 Å². The van der Waals surface area contributed by atoms with Crippen LogP contribution in [-0.4, -0.2) is 39.6 Å². The Labute approximate surface area is 113 Å². The number of methoxy groups -OCH3 is 1. The highest BCUT2D eigenvalue weighted by atomic mass is 32.2. The molecule has 1 fully saturated rings. The second kappa shape index (κ2) is 5.50. The summed E-state index contributed by atoms with van der Waals surface area (Å²) in [4.78, 5) is 24.7. The molecule has 6 nitrogen and oxygen atoms in total. The average Bonchev–Trinajstić information content (AvgIpc) is 2.41. The molecule has 3 atom stereocenters. The van der Waals surface area contributed by atoms with Gasteiger partial charge >= 0.3 is 0 Å². The Balaban J connectivity index is 2.29. The number of amides is 2. The molecule has 1 saturated heterocycles. The number of hydrogen-bond acceptors (Lipinski definition) is 4. The van der Waals surface area contributed by atoms with Crippen molar-refractivity contribution in [3.8, 4) is 0 Å². The summed E-state index contributed by atoms with van der Waals surface area (Å²) in [6.07, 6.45) is -0.371. The highest BCUT2D eigenvalue weighted by molar-refractivity contribution is 7.86. The van der Waals surface area contributed by atoms with Crippen LogP contribution in [0.2, 0.25) is 0 Å². The van der Waals surface area contributed by atoms with Crippen molar-refractivity contribution in [1.82, 2.24) is 4.90 Å². The third-order valence-electron chi connectivity index (χ3n) is 2.89. The predicted octanol–water partition coefficient (Wildman–Crippen LogP) is -0.190. The zero-order valence-electron chi connectivity index (χ0n) is 10.3. The minimum absolute atomic E-state index is 0.173. The van der Waals surface area contributed by atoms with E-state index in [4.69, 9.17) is 10.5 Å². The Bertz CT molecular complexity index is 520. The third-order valence-corrected chi connectivity index (χ3v) is 4.50. The van der Waals surface area contributed by atoms with Crippen molar-refractivity contribution < 1.29 is 18.5 Å². The average molecular weight is 282 g/mol. The van der Waals surface area contributed by atoms with Gasteiger partial charge in [-0.2, -0.15) is 0 Å². The van der Waals surface area contributed by atoms with Gasteiger partial charge in [-0.05, 0) is 12.1 Å². The first kappa shape index (κ1) is 13.7. The van der Waals surface area contributed by atoms with E-state index >= 15 is 0 Å². The highest BCUT2D eigenvalue weighted by Crippen LogP contribution is 2.26. The molecule has 1 aliphatic rings. The van der Waals surface area contributed by atoms with Crippen LogP contribution in [0.25, 0.3) is 0 Å². The Morgan fingerprint density at radius 1 is 1.47 bits per heavy atom. The molecule has 1 heterocycles. The molecular weight excluding hydrogens is 268 g/mol. The number of ether oxygens (including phenoxy) is 1. The smallest absolute Gasteiger partial charge is 0.253 e. The molecule has 0 saturated carbocycles. The van der Waals surface area contributed by atoms with Crippen LogP contribution in [0.5, 0.6) is 0 Å². The quantitative estimate of drug-likeness (QED) is 0.758.